The summed E-state index contributed by atoms with van der Waals surface area (Å²) in [5, 5.41) is 0. The van der Waals surface area contributed by atoms with Crippen molar-refractivity contribution in [2.45, 2.75) is 19.6 Å². The molecule has 1 aliphatic heterocycles. The summed E-state index contributed by atoms with van der Waals surface area (Å²) in [4.78, 5) is 0. The Labute approximate surface area is 109 Å². The molecule has 17 heavy (non-hydrogen) atoms. The van der Waals surface area contributed by atoms with Gasteiger partial charge in [-0.3, -0.25) is 0 Å². The van der Waals surface area contributed by atoms with Crippen molar-refractivity contribution in [3.8, 4) is 11.5 Å². The first-order chi connectivity index (χ1) is 8.20. The minimum Gasteiger partial charge on any atom is -0.454 e. The van der Waals surface area contributed by atoms with Gasteiger partial charge >= 0.3 is 0 Å². The van der Waals surface area contributed by atoms with E-state index in [9.17, 15) is 0 Å². The molecule has 1 unspecified atom stereocenters. The van der Waals surface area contributed by atoms with Gasteiger partial charge in [-0.15, -0.1) is 0 Å². The maximum atomic E-state index is 5.66. The van der Waals surface area contributed by atoms with Crippen LogP contribution in [0.25, 0.3) is 0 Å². The van der Waals surface area contributed by atoms with Gasteiger partial charge in [-0.05, 0) is 24.6 Å². The highest BCUT2D eigenvalue weighted by Gasteiger charge is 2.16. The second kappa shape index (κ2) is 5.71. The van der Waals surface area contributed by atoms with Crippen molar-refractivity contribution in [1.29, 1.82) is 0 Å². The molecule has 1 atom stereocenters. The first-order valence-electron chi connectivity index (χ1n) is 5.39. The quantitative estimate of drug-likeness (QED) is 0.838. The van der Waals surface area contributed by atoms with E-state index < -0.39 is 0 Å². The maximum absolute atomic E-state index is 5.66. The molecule has 1 heterocycles. The number of benzene rings is 1. The van der Waals surface area contributed by atoms with Gasteiger partial charge in [-0.25, -0.2) is 0 Å². The van der Waals surface area contributed by atoms with E-state index in [4.69, 9.17) is 18.9 Å². The molecule has 0 radical (unpaired) electrons. The van der Waals surface area contributed by atoms with Crippen LogP contribution in [0.5, 0.6) is 11.5 Å². The molecule has 0 bridgehead atoms. The monoisotopic (exact) mass is 302 g/mol. The Morgan fingerprint density at radius 2 is 2.06 bits per heavy atom. The summed E-state index contributed by atoms with van der Waals surface area (Å²) in [7, 11) is 1.66. The van der Waals surface area contributed by atoms with Gasteiger partial charge in [0.05, 0.1) is 19.3 Å². The van der Waals surface area contributed by atoms with Crippen LogP contribution in [-0.2, 0) is 16.1 Å². The fourth-order valence-corrected chi connectivity index (χ4v) is 2.02. The number of hydrogen-bond acceptors (Lipinski definition) is 4. The van der Waals surface area contributed by atoms with Crippen LogP contribution in [-0.4, -0.2) is 26.6 Å². The van der Waals surface area contributed by atoms with Crippen molar-refractivity contribution in [2.24, 2.45) is 0 Å². The van der Waals surface area contributed by atoms with E-state index in [1.807, 2.05) is 19.1 Å². The number of halogens is 1. The summed E-state index contributed by atoms with van der Waals surface area (Å²) < 4.78 is 22.2. The maximum Gasteiger partial charge on any atom is 0.231 e. The van der Waals surface area contributed by atoms with Gasteiger partial charge < -0.3 is 18.9 Å². The fraction of sp³-hybridized carbons (Fsp3) is 0.500. The van der Waals surface area contributed by atoms with E-state index in [0.29, 0.717) is 13.2 Å². The molecule has 0 spiro atoms. The topological polar surface area (TPSA) is 36.9 Å². The summed E-state index contributed by atoms with van der Waals surface area (Å²) in [6, 6.07) is 3.84. The van der Waals surface area contributed by atoms with Crippen LogP contribution >= 0.6 is 15.9 Å². The first-order valence-corrected chi connectivity index (χ1v) is 6.18. The summed E-state index contributed by atoms with van der Waals surface area (Å²) in [5.41, 5.74) is 1.04. The van der Waals surface area contributed by atoms with Gasteiger partial charge in [0.1, 0.15) is 0 Å². The Bertz CT molecular complexity index is 394. The molecule has 0 aliphatic carbocycles. The largest absolute Gasteiger partial charge is 0.454 e. The number of rotatable bonds is 5. The Hall–Kier alpha value is -0.780. The third-order valence-corrected chi connectivity index (χ3v) is 3.20. The predicted octanol–water partition coefficient (Wildman–Crippen LogP) is 2.73. The smallest absolute Gasteiger partial charge is 0.231 e. The average molecular weight is 303 g/mol. The molecular weight excluding hydrogens is 288 g/mol. The van der Waals surface area contributed by atoms with Crippen LogP contribution in [0.2, 0.25) is 0 Å². The summed E-state index contributed by atoms with van der Waals surface area (Å²) in [5.74, 6) is 1.54. The molecule has 1 aliphatic rings. The fourth-order valence-electron chi connectivity index (χ4n) is 1.58. The zero-order valence-electron chi connectivity index (χ0n) is 9.86. The van der Waals surface area contributed by atoms with Gasteiger partial charge in [0, 0.05) is 11.6 Å². The van der Waals surface area contributed by atoms with E-state index in [1.165, 1.54) is 0 Å². The highest BCUT2D eigenvalue weighted by atomic mass is 79.9. The van der Waals surface area contributed by atoms with Gasteiger partial charge in [-0.1, -0.05) is 15.9 Å². The van der Waals surface area contributed by atoms with Crippen molar-refractivity contribution in [1.82, 2.24) is 0 Å². The minimum atomic E-state index is 0.0670. The zero-order valence-corrected chi connectivity index (χ0v) is 11.5. The van der Waals surface area contributed by atoms with Crippen LogP contribution < -0.4 is 9.47 Å². The molecule has 0 fully saturated rings. The van der Waals surface area contributed by atoms with Crippen LogP contribution in [0.4, 0.5) is 0 Å². The molecule has 1 aromatic rings. The third-order valence-electron chi connectivity index (χ3n) is 2.47. The Balaban J connectivity index is 2.01. The number of fused-ring (bicyclic) bond motifs is 1. The molecule has 0 saturated heterocycles. The van der Waals surface area contributed by atoms with E-state index in [2.05, 4.69) is 15.9 Å². The van der Waals surface area contributed by atoms with Crippen molar-refractivity contribution in [3.05, 3.63) is 22.2 Å². The highest BCUT2D eigenvalue weighted by molar-refractivity contribution is 9.10. The molecule has 0 aromatic heterocycles. The molecule has 4 nitrogen and oxygen atoms in total. The number of hydrogen-bond donors (Lipinski definition) is 0. The second-order valence-electron chi connectivity index (χ2n) is 3.87. The lowest BCUT2D eigenvalue weighted by Gasteiger charge is -2.13. The molecule has 1 aromatic carbocycles. The van der Waals surface area contributed by atoms with E-state index in [1.54, 1.807) is 7.11 Å². The lowest BCUT2D eigenvalue weighted by molar-refractivity contribution is -0.000371. The molecular formula is C12H15BrO4. The first kappa shape index (κ1) is 12.7. The number of methoxy groups -OCH3 is 1. The molecule has 0 saturated carbocycles. The normalized spacial score (nSPS) is 15.0. The molecule has 0 N–H and O–H groups in total. The van der Waals surface area contributed by atoms with Gasteiger partial charge in [0.25, 0.3) is 0 Å². The molecule has 5 heteroatoms. The van der Waals surface area contributed by atoms with Crippen molar-refractivity contribution in [3.63, 3.8) is 0 Å². The van der Waals surface area contributed by atoms with Crippen LogP contribution in [0.1, 0.15) is 12.5 Å². The predicted molar refractivity (Wildman–Crippen MR) is 66.4 cm³/mol. The molecule has 2 rings (SSSR count). The standard InChI is InChI=1S/C12H15BrO4/c1-8(5-14-2)15-6-9-3-11-12(4-10(9)13)17-7-16-11/h3-4,8H,5-7H2,1-2H3. The minimum absolute atomic E-state index is 0.0670. The Morgan fingerprint density at radius 3 is 2.76 bits per heavy atom. The zero-order chi connectivity index (χ0) is 12.3. The van der Waals surface area contributed by atoms with Crippen molar-refractivity contribution < 1.29 is 18.9 Å². The Kier molecular flexibility index (Phi) is 4.25. The van der Waals surface area contributed by atoms with E-state index >= 15 is 0 Å². The average Bonchev–Trinajstić information content (AvgIpc) is 2.73. The lowest BCUT2D eigenvalue weighted by Crippen LogP contribution is -2.14. The van der Waals surface area contributed by atoms with Crippen LogP contribution in [0, 0.1) is 0 Å². The van der Waals surface area contributed by atoms with Gasteiger partial charge in [0.2, 0.25) is 6.79 Å². The SMILES string of the molecule is COCC(C)OCc1cc2c(cc1Br)OCO2. The van der Waals surface area contributed by atoms with Crippen LogP contribution in [0.3, 0.4) is 0 Å². The number of ether oxygens (including phenoxy) is 4. The van der Waals surface area contributed by atoms with Crippen molar-refractivity contribution in [2.75, 3.05) is 20.5 Å². The van der Waals surface area contributed by atoms with E-state index in [0.717, 1.165) is 21.5 Å². The van der Waals surface area contributed by atoms with E-state index in [-0.39, 0.29) is 12.9 Å². The van der Waals surface area contributed by atoms with Gasteiger partial charge in [0.15, 0.2) is 11.5 Å². The summed E-state index contributed by atoms with van der Waals surface area (Å²) in [6.07, 6.45) is 0.0670. The van der Waals surface area contributed by atoms with Crippen molar-refractivity contribution >= 4 is 15.9 Å². The van der Waals surface area contributed by atoms with Crippen LogP contribution in [0.15, 0.2) is 16.6 Å². The molecule has 94 valence electrons. The Morgan fingerprint density at radius 1 is 1.35 bits per heavy atom. The summed E-state index contributed by atoms with van der Waals surface area (Å²) in [6.45, 7) is 3.36. The lowest BCUT2D eigenvalue weighted by atomic mass is 10.2. The van der Waals surface area contributed by atoms with Gasteiger partial charge in [-0.2, -0.15) is 0 Å². The molecule has 0 amide bonds. The third kappa shape index (κ3) is 3.12. The second-order valence-corrected chi connectivity index (χ2v) is 4.73. The highest BCUT2D eigenvalue weighted by Crippen LogP contribution is 2.37. The summed E-state index contributed by atoms with van der Waals surface area (Å²) >= 11 is 3.49.